The largest absolute Gasteiger partial charge is 1.00 e. The van der Waals surface area contributed by atoms with Crippen LogP contribution in [0.4, 0.5) is 0 Å². The number of halogens is 2. The van der Waals surface area contributed by atoms with Crippen LogP contribution in [0, 0.1) is 0 Å². The normalized spacial score (nSPS) is 16.1. The third-order valence-corrected chi connectivity index (χ3v) is 7.51. The van der Waals surface area contributed by atoms with E-state index in [-0.39, 0.29) is 43.3 Å². The van der Waals surface area contributed by atoms with Gasteiger partial charge < -0.3 is 45.5 Å². The maximum absolute atomic E-state index is 13.3. The Morgan fingerprint density at radius 3 is 2.50 bits per heavy atom. The molecule has 2 rings (SSSR count). The number of quaternary nitrogens is 1. The summed E-state index contributed by atoms with van der Waals surface area (Å²) in [5.41, 5.74) is 15.8. The number of hydrogen-bond donors (Lipinski definition) is 6. The summed E-state index contributed by atoms with van der Waals surface area (Å²) in [6, 6.07) is 7.47. The minimum atomic E-state index is -3.93. The molecule has 0 radical (unpaired) electrons. The van der Waals surface area contributed by atoms with E-state index in [1.807, 2.05) is 30.3 Å². The fraction of sp³-hybridized carbons (Fsp3) is 0.583. The number of carbonyl (C=O) groups is 3. The molecule has 0 spiro atoms. The molecular formula is C24H41Cl2N7O6S. The second-order valence-electron chi connectivity index (χ2n) is 9.21. The van der Waals surface area contributed by atoms with Crippen molar-refractivity contribution in [3.05, 3.63) is 35.9 Å². The van der Waals surface area contributed by atoms with Gasteiger partial charge in [-0.15, -0.1) is 0 Å². The van der Waals surface area contributed by atoms with Crippen LogP contribution in [0.3, 0.4) is 0 Å². The van der Waals surface area contributed by atoms with E-state index in [4.69, 9.17) is 16.2 Å². The van der Waals surface area contributed by atoms with Crippen LogP contribution in [0.2, 0.25) is 0 Å². The van der Waals surface area contributed by atoms with E-state index in [1.165, 1.54) is 4.90 Å². The summed E-state index contributed by atoms with van der Waals surface area (Å²) in [6.45, 7) is 2.05. The van der Waals surface area contributed by atoms with Gasteiger partial charge in [0.2, 0.25) is 15.9 Å². The lowest BCUT2D eigenvalue weighted by Gasteiger charge is -2.27. The maximum Gasteiger partial charge on any atom is 0.338 e. The lowest BCUT2D eigenvalue weighted by Crippen LogP contribution is -3.00. The number of amides is 2. The SMILES string of the molecule is CCOC(=O)CNS(=O)(=O)C[C@H](CCC[NH+]=C(N)N)NC(=O)[C@@H]1CCCN1C(=O)[C@H]([NH3+])Cc1ccccc1.[Cl-].[Cl-]. The molecule has 1 heterocycles. The van der Waals surface area contributed by atoms with Crippen molar-refractivity contribution in [3.63, 3.8) is 0 Å². The number of guanidine groups is 1. The van der Waals surface area contributed by atoms with E-state index in [0.29, 0.717) is 45.2 Å². The predicted molar refractivity (Wildman–Crippen MR) is 140 cm³/mol. The smallest absolute Gasteiger partial charge is 0.338 e. The first-order valence-corrected chi connectivity index (χ1v) is 14.4. The van der Waals surface area contributed by atoms with Gasteiger partial charge in [0, 0.05) is 19.0 Å². The Hall–Kier alpha value is -2.65. The molecule has 10 N–H and O–H groups in total. The Bertz CT molecular complexity index is 1070. The summed E-state index contributed by atoms with van der Waals surface area (Å²) in [4.78, 5) is 42.3. The number of rotatable bonds is 15. The lowest BCUT2D eigenvalue weighted by atomic mass is 10.0. The quantitative estimate of drug-likeness (QED) is 0.0475. The van der Waals surface area contributed by atoms with Gasteiger partial charge in [0.15, 0.2) is 6.04 Å². The molecule has 2 amide bonds. The van der Waals surface area contributed by atoms with E-state index in [1.54, 1.807) is 6.92 Å². The molecule has 1 aromatic carbocycles. The molecule has 0 saturated carbocycles. The average molecular weight is 627 g/mol. The van der Waals surface area contributed by atoms with Gasteiger partial charge in [0.1, 0.15) is 12.6 Å². The third kappa shape index (κ3) is 13.1. The number of nitrogens with two attached hydrogens (primary N) is 2. The van der Waals surface area contributed by atoms with Crippen LogP contribution >= 0.6 is 0 Å². The molecule has 0 bridgehead atoms. The van der Waals surface area contributed by atoms with Crippen molar-refractivity contribution in [3.8, 4) is 0 Å². The van der Waals surface area contributed by atoms with Crippen molar-refractivity contribution >= 4 is 33.8 Å². The number of ether oxygens (including phenoxy) is 1. The standard InChI is InChI=1S/C24H39N7O6S.2ClH/c1-2-37-21(32)15-29-38(35,36)16-18(10-6-12-28-24(26)27)30-22(33)20-11-7-13-31(20)23(34)19(25)14-17-8-4-3-5-9-17;;/h3-5,8-9,18-20,29H,2,6-7,10-16,25H2,1H3,(H,30,33)(H4,26,27,28);2*1H/t18-,19+,20-;;/m0../s1. The van der Waals surface area contributed by atoms with Crippen molar-refractivity contribution < 1.29 is 63.1 Å². The first-order valence-electron chi connectivity index (χ1n) is 12.7. The van der Waals surface area contributed by atoms with Gasteiger partial charge in [0.05, 0.1) is 18.9 Å². The zero-order valence-electron chi connectivity index (χ0n) is 22.6. The number of carbonyl (C=O) groups excluding carboxylic acids is 3. The van der Waals surface area contributed by atoms with Crippen molar-refractivity contribution in [2.45, 2.75) is 57.2 Å². The number of likely N-dealkylation sites (tertiary alicyclic amines) is 1. The topological polar surface area (TPSA) is 216 Å². The molecule has 40 heavy (non-hydrogen) atoms. The predicted octanol–water partition coefficient (Wildman–Crippen LogP) is -10.1. The molecule has 1 aromatic rings. The molecule has 1 aliphatic heterocycles. The van der Waals surface area contributed by atoms with E-state index in [2.05, 4.69) is 20.8 Å². The minimum absolute atomic E-state index is 0. The minimum Gasteiger partial charge on any atom is -1.00 e. The van der Waals surface area contributed by atoms with Gasteiger partial charge in [-0.2, -0.15) is 0 Å². The van der Waals surface area contributed by atoms with Crippen molar-refractivity contribution in [2.24, 2.45) is 11.5 Å². The van der Waals surface area contributed by atoms with E-state index in [0.717, 1.165) is 5.56 Å². The zero-order valence-corrected chi connectivity index (χ0v) is 24.9. The van der Waals surface area contributed by atoms with Crippen molar-refractivity contribution in [1.29, 1.82) is 0 Å². The van der Waals surface area contributed by atoms with Gasteiger partial charge >= 0.3 is 11.9 Å². The highest BCUT2D eigenvalue weighted by molar-refractivity contribution is 7.89. The van der Waals surface area contributed by atoms with E-state index < -0.39 is 52.3 Å². The molecule has 0 aromatic heterocycles. The fourth-order valence-electron chi connectivity index (χ4n) is 4.30. The summed E-state index contributed by atoms with van der Waals surface area (Å²) in [5.74, 6) is -1.76. The Morgan fingerprint density at radius 1 is 1.20 bits per heavy atom. The number of sulfonamides is 1. The summed E-state index contributed by atoms with van der Waals surface area (Å²) < 4.78 is 32.2. The van der Waals surface area contributed by atoms with Crippen molar-refractivity contribution in [1.82, 2.24) is 14.9 Å². The third-order valence-electron chi connectivity index (χ3n) is 6.08. The molecule has 228 valence electrons. The Morgan fingerprint density at radius 2 is 1.88 bits per heavy atom. The fourth-order valence-corrected chi connectivity index (χ4v) is 5.54. The molecule has 13 nitrogen and oxygen atoms in total. The molecule has 1 fully saturated rings. The number of nitrogens with zero attached hydrogens (tertiary/aromatic N) is 1. The first kappa shape index (κ1) is 37.4. The molecule has 1 aliphatic rings. The average Bonchev–Trinajstić information content (AvgIpc) is 3.35. The van der Waals surface area contributed by atoms with Crippen LogP contribution in [0.5, 0.6) is 0 Å². The maximum atomic E-state index is 13.3. The number of esters is 1. The summed E-state index contributed by atoms with van der Waals surface area (Å²) in [6.07, 6.45) is 2.32. The van der Waals surface area contributed by atoms with Crippen molar-refractivity contribution in [2.75, 3.05) is 32.0 Å². The highest BCUT2D eigenvalue weighted by atomic mass is 35.5. The van der Waals surface area contributed by atoms with Crippen LogP contribution < -0.4 is 57.0 Å². The molecule has 16 heteroatoms. The van der Waals surface area contributed by atoms with Crippen LogP contribution in [-0.4, -0.2) is 87.2 Å². The second-order valence-corrected chi connectivity index (χ2v) is 11.1. The number of nitrogens with one attached hydrogen (secondary N) is 3. The molecule has 1 saturated heterocycles. The molecule has 3 atom stereocenters. The first-order chi connectivity index (χ1) is 18.0. The van der Waals surface area contributed by atoms with Gasteiger partial charge in [-0.05, 0) is 38.2 Å². The molecule has 0 aliphatic carbocycles. The van der Waals surface area contributed by atoms with Gasteiger partial charge in [-0.1, -0.05) is 30.3 Å². The Balaban J connectivity index is 0.00000760. The van der Waals surface area contributed by atoms with E-state index in [9.17, 15) is 22.8 Å². The van der Waals surface area contributed by atoms with Crippen LogP contribution in [0.15, 0.2) is 30.3 Å². The number of hydrogen-bond acceptors (Lipinski definition) is 6. The highest BCUT2D eigenvalue weighted by Gasteiger charge is 2.38. The van der Waals surface area contributed by atoms with Crippen LogP contribution in [0.25, 0.3) is 0 Å². The lowest BCUT2D eigenvalue weighted by molar-refractivity contribution is -0.459. The summed E-state index contributed by atoms with van der Waals surface area (Å²) in [7, 11) is -3.93. The van der Waals surface area contributed by atoms with Crippen LogP contribution in [-0.2, 0) is 35.6 Å². The van der Waals surface area contributed by atoms with E-state index >= 15 is 0 Å². The highest BCUT2D eigenvalue weighted by Crippen LogP contribution is 2.19. The van der Waals surface area contributed by atoms with Gasteiger partial charge in [-0.25, -0.2) is 13.1 Å². The second kappa shape index (κ2) is 18.7. The molecular weight excluding hydrogens is 585 g/mol. The monoisotopic (exact) mass is 625 g/mol. The van der Waals surface area contributed by atoms with Gasteiger partial charge in [-0.3, -0.25) is 30.8 Å². The zero-order chi connectivity index (χ0) is 28.1. The Kier molecular flexibility index (Phi) is 17.4. The summed E-state index contributed by atoms with van der Waals surface area (Å²) in [5, 5.41) is 2.80. The van der Waals surface area contributed by atoms with Crippen LogP contribution in [0.1, 0.15) is 38.2 Å². The van der Waals surface area contributed by atoms with Gasteiger partial charge in [0.25, 0.3) is 5.91 Å². The number of benzene rings is 1. The Labute approximate surface area is 247 Å². The summed E-state index contributed by atoms with van der Waals surface area (Å²) >= 11 is 0. The molecule has 0 unspecified atom stereocenters.